The van der Waals surface area contributed by atoms with Crippen LogP contribution in [0, 0.1) is 0 Å². The quantitative estimate of drug-likeness (QED) is 0.920. The second-order valence-corrected chi connectivity index (χ2v) is 4.43. The lowest BCUT2D eigenvalue weighted by atomic mass is 10.1. The van der Waals surface area contributed by atoms with E-state index in [9.17, 15) is 4.79 Å². The zero-order valence-corrected chi connectivity index (χ0v) is 10.8. The fourth-order valence-corrected chi connectivity index (χ4v) is 2.01. The maximum atomic E-state index is 12.0. The molecule has 3 rings (SSSR count). The molecule has 0 aliphatic carbocycles. The van der Waals surface area contributed by atoms with Crippen LogP contribution in [0.25, 0.3) is 0 Å². The highest BCUT2D eigenvalue weighted by Gasteiger charge is 2.15. The summed E-state index contributed by atoms with van der Waals surface area (Å²) in [6.07, 6.45) is 4.27. The highest BCUT2D eigenvalue weighted by atomic mass is 16.7. The van der Waals surface area contributed by atoms with Crippen molar-refractivity contribution in [2.24, 2.45) is 0 Å². The molecule has 5 heteroatoms. The molecular weight excluding hydrogens is 256 g/mol. The van der Waals surface area contributed by atoms with E-state index < -0.39 is 0 Å². The molecular formula is C15H14N2O3. The largest absolute Gasteiger partial charge is 0.454 e. The number of rotatable bonds is 4. The maximum absolute atomic E-state index is 12.0. The molecule has 2 heterocycles. The van der Waals surface area contributed by atoms with Crippen molar-refractivity contribution in [1.82, 2.24) is 10.3 Å². The SMILES string of the molecule is O=C(NCCc1ccncc1)c1ccc2c(c1)OCO2. The molecule has 0 fully saturated rings. The Kier molecular flexibility index (Phi) is 3.50. The van der Waals surface area contributed by atoms with Crippen LogP contribution in [0.1, 0.15) is 15.9 Å². The van der Waals surface area contributed by atoms with E-state index >= 15 is 0 Å². The molecule has 0 saturated carbocycles. The van der Waals surface area contributed by atoms with Gasteiger partial charge in [0.2, 0.25) is 6.79 Å². The second-order valence-electron chi connectivity index (χ2n) is 4.43. The molecule has 0 bridgehead atoms. The number of hydrogen-bond acceptors (Lipinski definition) is 4. The number of benzene rings is 1. The number of hydrogen-bond donors (Lipinski definition) is 1. The van der Waals surface area contributed by atoms with Crippen molar-refractivity contribution in [3.63, 3.8) is 0 Å². The van der Waals surface area contributed by atoms with Gasteiger partial charge in [-0.05, 0) is 42.3 Å². The van der Waals surface area contributed by atoms with Crippen molar-refractivity contribution in [3.05, 3.63) is 53.9 Å². The third-order valence-corrected chi connectivity index (χ3v) is 3.08. The van der Waals surface area contributed by atoms with Crippen LogP contribution in [0.4, 0.5) is 0 Å². The van der Waals surface area contributed by atoms with Crippen LogP contribution in [-0.2, 0) is 6.42 Å². The van der Waals surface area contributed by atoms with Gasteiger partial charge in [0.1, 0.15) is 0 Å². The van der Waals surface area contributed by atoms with Gasteiger partial charge in [-0.3, -0.25) is 9.78 Å². The number of carbonyl (C=O) groups is 1. The van der Waals surface area contributed by atoms with Gasteiger partial charge in [0.05, 0.1) is 0 Å². The molecule has 0 atom stereocenters. The third-order valence-electron chi connectivity index (χ3n) is 3.08. The molecule has 1 N–H and O–H groups in total. The predicted molar refractivity (Wildman–Crippen MR) is 72.8 cm³/mol. The Labute approximate surface area is 116 Å². The number of ether oxygens (including phenoxy) is 2. The summed E-state index contributed by atoms with van der Waals surface area (Å²) in [4.78, 5) is 16.0. The van der Waals surface area contributed by atoms with E-state index in [4.69, 9.17) is 9.47 Å². The van der Waals surface area contributed by atoms with Crippen molar-refractivity contribution >= 4 is 5.91 Å². The number of nitrogens with one attached hydrogen (secondary N) is 1. The highest BCUT2D eigenvalue weighted by Crippen LogP contribution is 2.32. The van der Waals surface area contributed by atoms with Crippen LogP contribution in [0.2, 0.25) is 0 Å². The Bertz CT molecular complexity index is 614. The fraction of sp³-hybridized carbons (Fsp3) is 0.200. The molecule has 0 spiro atoms. The Balaban J connectivity index is 1.57. The zero-order chi connectivity index (χ0) is 13.8. The molecule has 1 aromatic carbocycles. The van der Waals surface area contributed by atoms with Crippen molar-refractivity contribution in [2.45, 2.75) is 6.42 Å². The van der Waals surface area contributed by atoms with Crippen LogP contribution >= 0.6 is 0 Å². The molecule has 1 aliphatic rings. The van der Waals surface area contributed by atoms with Gasteiger partial charge in [-0.2, -0.15) is 0 Å². The van der Waals surface area contributed by atoms with E-state index in [1.807, 2.05) is 12.1 Å². The molecule has 1 aromatic heterocycles. The number of aromatic nitrogens is 1. The van der Waals surface area contributed by atoms with Gasteiger partial charge in [-0.15, -0.1) is 0 Å². The van der Waals surface area contributed by atoms with E-state index in [-0.39, 0.29) is 12.7 Å². The monoisotopic (exact) mass is 270 g/mol. The van der Waals surface area contributed by atoms with Gasteiger partial charge in [0.25, 0.3) is 5.91 Å². The summed E-state index contributed by atoms with van der Waals surface area (Å²) in [5.41, 5.74) is 1.72. The first kappa shape index (κ1) is 12.5. The molecule has 0 saturated heterocycles. The Morgan fingerprint density at radius 2 is 1.95 bits per heavy atom. The average Bonchev–Trinajstić information content (AvgIpc) is 2.95. The lowest BCUT2D eigenvalue weighted by Crippen LogP contribution is -2.25. The number of carbonyl (C=O) groups excluding carboxylic acids is 1. The first-order valence-corrected chi connectivity index (χ1v) is 6.40. The molecule has 1 aliphatic heterocycles. The number of fused-ring (bicyclic) bond motifs is 1. The molecule has 5 nitrogen and oxygen atoms in total. The Morgan fingerprint density at radius 1 is 1.15 bits per heavy atom. The normalized spacial score (nSPS) is 12.2. The van der Waals surface area contributed by atoms with Gasteiger partial charge in [0.15, 0.2) is 11.5 Å². The Morgan fingerprint density at radius 3 is 2.80 bits per heavy atom. The van der Waals surface area contributed by atoms with E-state index in [0.717, 1.165) is 12.0 Å². The highest BCUT2D eigenvalue weighted by molar-refractivity contribution is 5.94. The number of amides is 1. The predicted octanol–water partition coefficient (Wildman–Crippen LogP) is 1.78. The average molecular weight is 270 g/mol. The van der Waals surface area contributed by atoms with Crippen molar-refractivity contribution < 1.29 is 14.3 Å². The molecule has 20 heavy (non-hydrogen) atoms. The summed E-state index contributed by atoms with van der Waals surface area (Å²) >= 11 is 0. The third kappa shape index (κ3) is 2.71. The first-order valence-electron chi connectivity index (χ1n) is 6.40. The van der Waals surface area contributed by atoms with Crippen molar-refractivity contribution in [3.8, 4) is 11.5 Å². The second kappa shape index (κ2) is 5.61. The lowest BCUT2D eigenvalue weighted by molar-refractivity contribution is 0.0953. The van der Waals surface area contributed by atoms with E-state index in [2.05, 4.69) is 10.3 Å². The van der Waals surface area contributed by atoms with Crippen LogP contribution in [0.3, 0.4) is 0 Å². The summed E-state index contributed by atoms with van der Waals surface area (Å²) in [7, 11) is 0. The summed E-state index contributed by atoms with van der Waals surface area (Å²) in [5.74, 6) is 1.18. The molecule has 0 unspecified atom stereocenters. The van der Waals surface area contributed by atoms with Gasteiger partial charge in [0, 0.05) is 24.5 Å². The minimum absolute atomic E-state index is 0.114. The topological polar surface area (TPSA) is 60.5 Å². The van der Waals surface area contributed by atoms with Crippen LogP contribution in [-0.4, -0.2) is 24.2 Å². The molecule has 0 radical (unpaired) electrons. The molecule has 1 amide bonds. The Hall–Kier alpha value is -2.56. The zero-order valence-electron chi connectivity index (χ0n) is 10.8. The van der Waals surface area contributed by atoms with Crippen LogP contribution < -0.4 is 14.8 Å². The van der Waals surface area contributed by atoms with Crippen LogP contribution in [0.5, 0.6) is 11.5 Å². The standard InChI is InChI=1S/C15H14N2O3/c18-15(17-8-5-11-3-6-16-7-4-11)12-1-2-13-14(9-12)20-10-19-13/h1-4,6-7,9H,5,8,10H2,(H,17,18). The van der Waals surface area contributed by atoms with E-state index in [1.54, 1.807) is 30.6 Å². The van der Waals surface area contributed by atoms with Crippen LogP contribution in [0.15, 0.2) is 42.7 Å². The van der Waals surface area contributed by atoms with Gasteiger partial charge < -0.3 is 14.8 Å². The van der Waals surface area contributed by atoms with Gasteiger partial charge >= 0.3 is 0 Å². The lowest BCUT2D eigenvalue weighted by Gasteiger charge is -2.06. The minimum atomic E-state index is -0.114. The summed E-state index contributed by atoms with van der Waals surface area (Å²) in [5, 5.41) is 2.88. The smallest absolute Gasteiger partial charge is 0.251 e. The van der Waals surface area contributed by atoms with E-state index in [1.165, 1.54) is 0 Å². The minimum Gasteiger partial charge on any atom is -0.454 e. The number of pyridine rings is 1. The molecule has 2 aromatic rings. The summed E-state index contributed by atoms with van der Waals surface area (Å²) in [6, 6.07) is 9.05. The summed E-state index contributed by atoms with van der Waals surface area (Å²) < 4.78 is 10.5. The van der Waals surface area contributed by atoms with Gasteiger partial charge in [-0.1, -0.05) is 0 Å². The number of nitrogens with zero attached hydrogens (tertiary/aromatic N) is 1. The fourth-order valence-electron chi connectivity index (χ4n) is 2.01. The first-order chi connectivity index (χ1) is 9.83. The van der Waals surface area contributed by atoms with Gasteiger partial charge in [-0.25, -0.2) is 0 Å². The molecule has 102 valence electrons. The van der Waals surface area contributed by atoms with Crippen molar-refractivity contribution in [2.75, 3.05) is 13.3 Å². The van der Waals surface area contributed by atoms with Crippen molar-refractivity contribution in [1.29, 1.82) is 0 Å². The van der Waals surface area contributed by atoms with E-state index in [0.29, 0.717) is 23.6 Å². The summed E-state index contributed by atoms with van der Waals surface area (Å²) in [6.45, 7) is 0.791. The maximum Gasteiger partial charge on any atom is 0.251 e.